The van der Waals surface area contributed by atoms with Crippen LogP contribution in [0.4, 0.5) is 0 Å². The van der Waals surface area contributed by atoms with Crippen molar-refractivity contribution in [3.05, 3.63) is 107 Å². The highest BCUT2D eigenvalue weighted by molar-refractivity contribution is 5.95. The Morgan fingerprint density at radius 3 is 1.19 bits per heavy atom. The first-order chi connectivity index (χ1) is 38.9. The minimum atomic E-state index is -0.633. The zero-order valence-electron chi connectivity index (χ0n) is 47.8. The predicted molar refractivity (Wildman–Crippen MR) is 314 cm³/mol. The number of carbonyl (C=O) groups is 6. The summed E-state index contributed by atoms with van der Waals surface area (Å²) in [5.74, 6) is -0.735. The summed E-state index contributed by atoms with van der Waals surface area (Å²) in [6, 6.07) is 26.8. The zero-order valence-corrected chi connectivity index (χ0v) is 47.8. The fraction of sp³-hybridized carbons (Fsp3) is 0.545. The molecule has 0 aromatic heterocycles. The van der Waals surface area contributed by atoms with Gasteiger partial charge in [-0.25, -0.2) is 0 Å². The Kier molecular flexibility index (Phi) is 18.5. The SMILES string of the molecule is CN[C@@H](C)C(=O)N[C@H](C(=O)N1CCC[C@H]1C(=O)N[C@@H]1CCCc2c(-c3ccc(-c4ccc(-c5cccc6c5CCC[C@H]6NC(=O)[C@@H]5CCCN5C(=O)[C@@H](NC(=O)[C@H](C)NC)C5CCCCC5)cc4)cc3)cccc21)C1CCCCC1. The molecule has 426 valence electrons. The van der Waals surface area contributed by atoms with Gasteiger partial charge < -0.3 is 41.7 Å². The smallest absolute Gasteiger partial charge is 0.246 e. The van der Waals surface area contributed by atoms with Gasteiger partial charge in [0.2, 0.25) is 35.4 Å². The lowest BCUT2D eigenvalue weighted by molar-refractivity contribution is -0.143. The maximum absolute atomic E-state index is 14.4. The van der Waals surface area contributed by atoms with Crippen molar-refractivity contribution in [3.63, 3.8) is 0 Å². The second-order valence-electron chi connectivity index (χ2n) is 24.0. The summed E-state index contributed by atoms with van der Waals surface area (Å²) in [6.07, 6.45) is 18.1. The van der Waals surface area contributed by atoms with Gasteiger partial charge in [0.1, 0.15) is 24.2 Å². The summed E-state index contributed by atoms with van der Waals surface area (Å²) in [4.78, 5) is 87.1. The number of nitrogens with zero attached hydrogens (tertiary/aromatic N) is 2. The topological polar surface area (TPSA) is 181 Å². The molecule has 2 heterocycles. The van der Waals surface area contributed by atoms with Crippen LogP contribution in [0.2, 0.25) is 0 Å². The maximum Gasteiger partial charge on any atom is 0.246 e. The highest BCUT2D eigenvalue weighted by Gasteiger charge is 2.44. The molecule has 0 bridgehead atoms. The van der Waals surface area contributed by atoms with Gasteiger partial charge in [-0.05, 0) is 185 Å². The molecule has 80 heavy (non-hydrogen) atoms. The monoisotopic (exact) mass is 1090 g/mol. The molecule has 0 spiro atoms. The van der Waals surface area contributed by atoms with Crippen LogP contribution in [0, 0.1) is 11.8 Å². The first kappa shape index (κ1) is 56.9. The highest BCUT2D eigenvalue weighted by atomic mass is 16.2. The molecule has 4 aromatic carbocycles. The van der Waals surface area contributed by atoms with Gasteiger partial charge >= 0.3 is 0 Å². The first-order valence-electron chi connectivity index (χ1n) is 30.5. The Labute approximate surface area is 474 Å². The van der Waals surface area contributed by atoms with Crippen molar-refractivity contribution in [2.45, 2.75) is 191 Å². The molecule has 0 unspecified atom stereocenters. The first-order valence-corrected chi connectivity index (χ1v) is 30.5. The average molecular weight is 1090 g/mol. The quantitative estimate of drug-likeness (QED) is 0.0606. The van der Waals surface area contributed by atoms with Crippen molar-refractivity contribution < 1.29 is 28.8 Å². The van der Waals surface area contributed by atoms with E-state index >= 15 is 0 Å². The summed E-state index contributed by atoms with van der Waals surface area (Å²) in [5, 5.41) is 19.0. The zero-order chi connectivity index (χ0) is 55.9. The number of hydrogen-bond donors (Lipinski definition) is 6. The largest absolute Gasteiger partial charge is 0.347 e. The number of likely N-dealkylation sites (N-methyl/N-ethyl adjacent to an activating group) is 2. The normalized spacial score (nSPS) is 22.9. The van der Waals surface area contributed by atoms with Crippen LogP contribution in [0.3, 0.4) is 0 Å². The fourth-order valence-electron chi connectivity index (χ4n) is 14.2. The van der Waals surface area contributed by atoms with Gasteiger partial charge in [-0.15, -0.1) is 0 Å². The molecular formula is C66H86N8O6. The van der Waals surface area contributed by atoms with Crippen LogP contribution in [0.15, 0.2) is 84.9 Å². The van der Waals surface area contributed by atoms with Crippen LogP contribution in [0.25, 0.3) is 33.4 Å². The molecule has 6 aliphatic rings. The number of likely N-dealkylation sites (tertiary alicyclic amines) is 2. The maximum atomic E-state index is 14.4. The minimum absolute atomic E-state index is 0.0645. The summed E-state index contributed by atoms with van der Waals surface area (Å²) < 4.78 is 0. The lowest BCUT2D eigenvalue weighted by Gasteiger charge is -2.36. The average Bonchev–Trinajstić information content (AvgIpc) is 4.22. The van der Waals surface area contributed by atoms with Gasteiger partial charge in [0.15, 0.2) is 0 Å². The van der Waals surface area contributed by atoms with E-state index in [1.54, 1.807) is 37.7 Å². The van der Waals surface area contributed by atoms with Gasteiger partial charge in [-0.3, -0.25) is 28.8 Å². The third-order valence-corrected chi connectivity index (χ3v) is 19.1. The van der Waals surface area contributed by atoms with Gasteiger partial charge in [-0.1, -0.05) is 123 Å². The van der Waals surface area contributed by atoms with Crippen molar-refractivity contribution in [2.75, 3.05) is 27.2 Å². The molecule has 4 aliphatic carbocycles. The molecular weight excluding hydrogens is 1000 g/mol. The van der Waals surface area contributed by atoms with Gasteiger partial charge in [0.25, 0.3) is 0 Å². The van der Waals surface area contributed by atoms with Crippen molar-refractivity contribution in [1.82, 2.24) is 41.7 Å². The second kappa shape index (κ2) is 26.0. The Morgan fingerprint density at radius 1 is 0.438 bits per heavy atom. The molecule has 4 aromatic rings. The van der Waals surface area contributed by atoms with Crippen LogP contribution in [-0.2, 0) is 41.6 Å². The molecule has 0 radical (unpaired) electrons. The van der Waals surface area contributed by atoms with E-state index in [-0.39, 0.29) is 59.4 Å². The van der Waals surface area contributed by atoms with Crippen LogP contribution >= 0.6 is 0 Å². The Hall–Kier alpha value is -6.38. The predicted octanol–water partition coefficient (Wildman–Crippen LogP) is 9.00. The summed E-state index contributed by atoms with van der Waals surface area (Å²) in [5.41, 5.74) is 11.6. The molecule has 2 aliphatic heterocycles. The number of amides is 6. The van der Waals surface area contributed by atoms with Gasteiger partial charge in [0, 0.05) is 13.1 Å². The summed E-state index contributed by atoms with van der Waals surface area (Å²) >= 11 is 0. The number of carbonyl (C=O) groups excluding carboxylic acids is 6. The fourth-order valence-corrected chi connectivity index (χ4v) is 14.2. The van der Waals surface area contributed by atoms with E-state index in [0.29, 0.717) is 25.9 Å². The van der Waals surface area contributed by atoms with E-state index < -0.39 is 36.3 Å². The van der Waals surface area contributed by atoms with Crippen molar-refractivity contribution in [3.8, 4) is 33.4 Å². The third-order valence-electron chi connectivity index (χ3n) is 19.1. The minimum Gasteiger partial charge on any atom is -0.347 e. The number of rotatable bonds is 17. The van der Waals surface area contributed by atoms with Crippen molar-refractivity contribution in [2.24, 2.45) is 11.8 Å². The van der Waals surface area contributed by atoms with Crippen LogP contribution in [-0.4, -0.2) is 109 Å². The number of nitrogens with one attached hydrogen (secondary N) is 6. The Bertz CT molecular complexity index is 2670. The summed E-state index contributed by atoms with van der Waals surface area (Å²) in [6.45, 7) is 4.62. The molecule has 4 fully saturated rings. The lowest BCUT2D eigenvalue weighted by atomic mass is 9.82. The van der Waals surface area contributed by atoms with Gasteiger partial charge in [-0.2, -0.15) is 0 Å². The third kappa shape index (κ3) is 12.4. The van der Waals surface area contributed by atoms with Gasteiger partial charge in [0.05, 0.1) is 24.2 Å². The second-order valence-corrected chi connectivity index (χ2v) is 24.0. The summed E-state index contributed by atoms with van der Waals surface area (Å²) in [7, 11) is 3.49. The van der Waals surface area contributed by atoms with E-state index in [2.05, 4.69) is 117 Å². The van der Waals surface area contributed by atoms with Crippen LogP contribution in [0.5, 0.6) is 0 Å². The molecule has 6 N–H and O–H groups in total. The van der Waals surface area contributed by atoms with Crippen molar-refractivity contribution in [1.29, 1.82) is 0 Å². The molecule has 2 saturated heterocycles. The molecule has 14 nitrogen and oxygen atoms in total. The Balaban J connectivity index is 0.789. The van der Waals surface area contributed by atoms with Crippen LogP contribution < -0.4 is 31.9 Å². The molecule has 8 atom stereocenters. The standard InChI is InChI=1S/C66H86N8O6/c1-41(67-3)61(75)71-59(47-17-7-5-8-18-47)65(79)73-39-15-29-57(73)63(77)69-55-27-13-23-51-49(21-11-25-53(51)55)45-35-31-43(32-36-45)44-33-37-46(38-34-44)50-22-12-26-54-52(50)24-14-28-56(54)70-64(78)58-30-16-40-74(58)66(80)60(48-19-9-6-10-20-48)72-62(76)42(2)68-4/h11-12,21-22,25-26,31-38,41-42,47-48,55-60,67-68H,5-10,13-20,23-24,27-30,39-40H2,1-4H3,(H,69,77)(H,70,78)(H,71,75)(H,72,76)/t41-,42-,55+,56+,57-,58-,59-,60-/m0/s1. The van der Waals surface area contributed by atoms with E-state index in [1.165, 1.54) is 22.3 Å². The number of benzene rings is 4. The lowest BCUT2D eigenvalue weighted by Crippen LogP contribution is -2.58. The van der Waals surface area contributed by atoms with E-state index in [1.807, 2.05) is 0 Å². The van der Waals surface area contributed by atoms with Crippen LogP contribution in [0.1, 0.15) is 164 Å². The van der Waals surface area contributed by atoms with E-state index in [0.717, 1.165) is 149 Å². The molecule has 14 heteroatoms. The van der Waals surface area contributed by atoms with E-state index in [4.69, 9.17) is 0 Å². The molecule has 10 rings (SSSR count). The number of hydrogen-bond acceptors (Lipinski definition) is 8. The highest BCUT2D eigenvalue weighted by Crippen LogP contribution is 2.40. The molecule has 2 saturated carbocycles. The van der Waals surface area contributed by atoms with Crippen molar-refractivity contribution >= 4 is 35.4 Å². The Morgan fingerprint density at radius 2 is 0.812 bits per heavy atom. The number of fused-ring (bicyclic) bond motifs is 2. The molecule has 6 amide bonds. The van der Waals surface area contributed by atoms with E-state index in [9.17, 15) is 28.8 Å².